The molecule has 0 amide bonds. The third-order valence-electron chi connectivity index (χ3n) is 3.42. The summed E-state index contributed by atoms with van der Waals surface area (Å²) in [7, 11) is 0. The van der Waals surface area contributed by atoms with Gasteiger partial charge in [0.05, 0.1) is 12.9 Å². The Morgan fingerprint density at radius 2 is 2.18 bits per heavy atom. The van der Waals surface area contributed by atoms with E-state index in [9.17, 15) is 15.0 Å². The molecule has 1 aliphatic heterocycles. The average molecular weight is 309 g/mol. The van der Waals surface area contributed by atoms with E-state index in [1.807, 2.05) is 0 Å². The Labute approximate surface area is 124 Å². The van der Waals surface area contributed by atoms with E-state index < -0.39 is 30.5 Å². The maximum absolute atomic E-state index is 11.7. The van der Waals surface area contributed by atoms with Crippen LogP contribution in [-0.4, -0.2) is 60.6 Å². The van der Waals surface area contributed by atoms with Crippen molar-refractivity contribution in [1.29, 1.82) is 0 Å². The molecule has 10 heteroatoms. The summed E-state index contributed by atoms with van der Waals surface area (Å²) in [5.74, 6) is -0.561. The number of aromatic nitrogens is 4. The molecule has 0 unspecified atom stereocenters. The lowest BCUT2D eigenvalue weighted by Gasteiger charge is -2.16. The number of nitrogen functional groups attached to an aromatic ring is 1. The number of aliphatic hydroxyl groups excluding tert-OH is 2. The number of nitrogens with two attached hydrogens (primary N) is 1. The van der Waals surface area contributed by atoms with E-state index in [2.05, 4.69) is 15.0 Å². The van der Waals surface area contributed by atoms with Gasteiger partial charge < -0.3 is 25.4 Å². The second kappa shape index (κ2) is 5.48. The number of ether oxygens (including phenoxy) is 2. The van der Waals surface area contributed by atoms with Crippen molar-refractivity contribution in [3.8, 4) is 0 Å². The summed E-state index contributed by atoms with van der Waals surface area (Å²) in [6.45, 7) is 1.78. The fourth-order valence-corrected chi connectivity index (χ4v) is 2.36. The molecule has 3 heterocycles. The Hall–Kier alpha value is -2.30. The third-order valence-corrected chi connectivity index (χ3v) is 3.42. The molecular formula is C12H15N5O5. The Balaban J connectivity index is 1.94. The van der Waals surface area contributed by atoms with Crippen LogP contribution in [0.2, 0.25) is 0 Å². The number of rotatable bonds is 3. The first-order valence-electron chi connectivity index (χ1n) is 6.65. The number of esters is 1. The minimum atomic E-state index is -1.42. The number of carbonyl (C=O) groups excluding carboxylic acids is 1. The van der Waals surface area contributed by atoms with Crippen LogP contribution in [0.4, 0.5) is 5.82 Å². The van der Waals surface area contributed by atoms with Crippen LogP contribution in [0, 0.1) is 0 Å². The van der Waals surface area contributed by atoms with Gasteiger partial charge >= 0.3 is 5.97 Å². The standard InChI is InChI=1S/C12H15N5O5/c1-2-21-12(20)8-6(18)7(19)11(22-8)17-4-16-5-9(13)14-3-15-10(5)17/h3-4,6-8,11,18-19H,2H2,1H3,(H2,13,14,15)/t6-,7+,8+,11-/m1/s1. The zero-order chi connectivity index (χ0) is 15.9. The molecule has 0 aliphatic carbocycles. The molecule has 22 heavy (non-hydrogen) atoms. The molecule has 118 valence electrons. The van der Waals surface area contributed by atoms with Gasteiger partial charge in [0.25, 0.3) is 0 Å². The van der Waals surface area contributed by atoms with Gasteiger partial charge in [0.2, 0.25) is 0 Å². The number of nitrogens with zero attached hydrogens (tertiary/aromatic N) is 4. The molecule has 1 saturated heterocycles. The molecule has 0 spiro atoms. The van der Waals surface area contributed by atoms with Gasteiger partial charge in [0.1, 0.15) is 24.1 Å². The molecule has 1 aliphatic rings. The van der Waals surface area contributed by atoms with Crippen molar-refractivity contribution >= 4 is 23.0 Å². The van der Waals surface area contributed by atoms with E-state index in [-0.39, 0.29) is 12.4 Å². The molecule has 10 nitrogen and oxygen atoms in total. The quantitative estimate of drug-likeness (QED) is 0.582. The number of hydrogen-bond donors (Lipinski definition) is 3. The molecule has 3 rings (SSSR count). The van der Waals surface area contributed by atoms with Crippen LogP contribution in [-0.2, 0) is 14.3 Å². The van der Waals surface area contributed by atoms with Crippen molar-refractivity contribution in [1.82, 2.24) is 19.5 Å². The van der Waals surface area contributed by atoms with E-state index in [1.165, 1.54) is 17.2 Å². The van der Waals surface area contributed by atoms with Gasteiger partial charge in [-0.25, -0.2) is 19.7 Å². The van der Waals surface area contributed by atoms with Gasteiger partial charge in [-0.05, 0) is 6.92 Å². The summed E-state index contributed by atoms with van der Waals surface area (Å²) in [6, 6.07) is 0. The number of carbonyl (C=O) groups is 1. The SMILES string of the molecule is CCOC(=O)[C@H]1O[C@@H](n2cnc3c(N)ncnc32)[C@@H](O)[C@H]1O. The molecule has 2 aromatic rings. The average Bonchev–Trinajstić information content (AvgIpc) is 3.03. The minimum Gasteiger partial charge on any atom is -0.464 e. The summed E-state index contributed by atoms with van der Waals surface area (Å²) in [4.78, 5) is 23.6. The zero-order valence-electron chi connectivity index (χ0n) is 11.7. The van der Waals surface area contributed by atoms with Gasteiger partial charge in [0, 0.05) is 0 Å². The van der Waals surface area contributed by atoms with Crippen molar-refractivity contribution in [3.05, 3.63) is 12.7 Å². The first-order chi connectivity index (χ1) is 10.5. The van der Waals surface area contributed by atoms with E-state index in [4.69, 9.17) is 15.2 Å². The molecule has 0 radical (unpaired) electrons. The van der Waals surface area contributed by atoms with E-state index in [1.54, 1.807) is 6.92 Å². The Bertz CT molecular complexity index is 704. The Morgan fingerprint density at radius 1 is 1.41 bits per heavy atom. The molecule has 4 N–H and O–H groups in total. The lowest BCUT2D eigenvalue weighted by molar-refractivity contribution is -0.161. The van der Waals surface area contributed by atoms with Crippen LogP contribution in [0.1, 0.15) is 13.2 Å². The molecule has 0 saturated carbocycles. The fraction of sp³-hybridized carbons (Fsp3) is 0.500. The first-order valence-corrected chi connectivity index (χ1v) is 6.65. The highest BCUT2D eigenvalue weighted by Crippen LogP contribution is 2.32. The number of imidazole rings is 1. The van der Waals surface area contributed by atoms with Crippen molar-refractivity contribution in [3.63, 3.8) is 0 Å². The molecule has 4 atom stereocenters. The van der Waals surface area contributed by atoms with Gasteiger partial charge in [-0.1, -0.05) is 0 Å². The van der Waals surface area contributed by atoms with E-state index in [0.717, 1.165) is 0 Å². The lowest BCUT2D eigenvalue weighted by Crippen LogP contribution is -2.37. The van der Waals surface area contributed by atoms with Gasteiger partial charge in [0.15, 0.2) is 23.8 Å². The summed E-state index contributed by atoms with van der Waals surface area (Å²) in [5.41, 5.74) is 6.36. The molecule has 1 fully saturated rings. The second-order valence-corrected chi connectivity index (χ2v) is 4.76. The maximum atomic E-state index is 11.7. The van der Waals surface area contributed by atoms with Crippen LogP contribution >= 0.6 is 0 Å². The highest BCUT2D eigenvalue weighted by atomic mass is 16.6. The summed E-state index contributed by atoms with van der Waals surface area (Å²) < 4.78 is 11.6. The van der Waals surface area contributed by atoms with Crippen LogP contribution in [0.5, 0.6) is 0 Å². The number of aliphatic hydroxyl groups is 2. The lowest BCUT2D eigenvalue weighted by atomic mass is 10.1. The van der Waals surface area contributed by atoms with Crippen molar-refractivity contribution in [2.75, 3.05) is 12.3 Å². The first kappa shape index (κ1) is 14.6. The number of hydrogen-bond acceptors (Lipinski definition) is 9. The van der Waals surface area contributed by atoms with Gasteiger partial charge in [-0.2, -0.15) is 0 Å². The molecule has 0 bridgehead atoms. The normalized spacial score (nSPS) is 28.1. The number of anilines is 1. The van der Waals surface area contributed by atoms with Gasteiger partial charge in [-0.15, -0.1) is 0 Å². The number of fused-ring (bicyclic) bond motifs is 1. The van der Waals surface area contributed by atoms with Crippen molar-refractivity contribution < 1.29 is 24.5 Å². The van der Waals surface area contributed by atoms with Crippen LogP contribution < -0.4 is 5.73 Å². The van der Waals surface area contributed by atoms with Crippen LogP contribution in [0.3, 0.4) is 0 Å². The van der Waals surface area contributed by atoms with Crippen LogP contribution in [0.15, 0.2) is 12.7 Å². The molecule has 0 aromatic carbocycles. The summed E-state index contributed by atoms with van der Waals surface area (Å²) >= 11 is 0. The van der Waals surface area contributed by atoms with Crippen molar-refractivity contribution in [2.45, 2.75) is 31.5 Å². The highest BCUT2D eigenvalue weighted by molar-refractivity contribution is 5.81. The predicted molar refractivity (Wildman–Crippen MR) is 72.3 cm³/mol. The van der Waals surface area contributed by atoms with Crippen LogP contribution in [0.25, 0.3) is 11.2 Å². The summed E-state index contributed by atoms with van der Waals surface area (Å²) in [5, 5.41) is 20.1. The zero-order valence-corrected chi connectivity index (χ0v) is 11.7. The largest absolute Gasteiger partial charge is 0.464 e. The monoisotopic (exact) mass is 309 g/mol. The predicted octanol–water partition coefficient (Wildman–Crippen LogP) is -1.41. The Morgan fingerprint density at radius 3 is 2.91 bits per heavy atom. The van der Waals surface area contributed by atoms with E-state index in [0.29, 0.717) is 11.2 Å². The van der Waals surface area contributed by atoms with Crippen molar-refractivity contribution in [2.24, 2.45) is 0 Å². The fourth-order valence-electron chi connectivity index (χ4n) is 2.36. The second-order valence-electron chi connectivity index (χ2n) is 4.76. The molecule has 2 aromatic heterocycles. The topological polar surface area (TPSA) is 146 Å². The molecular weight excluding hydrogens is 294 g/mol. The summed E-state index contributed by atoms with van der Waals surface area (Å²) in [6.07, 6.45) is -2.48. The maximum Gasteiger partial charge on any atom is 0.338 e. The Kier molecular flexibility index (Phi) is 3.64. The third kappa shape index (κ3) is 2.17. The minimum absolute atomic E-state index is 0.143. The van der Waals surface area contributed by atoms with Gasteiger partial charge in [-0.3, -0.25) is 4.57 Å². The highest BCUT2D eigenvalue weighted by Gasteiger charge is 2.48. The smallest absolute Gasteiger partial charge is 0.338 e. The van der Waals surface area contributed by atoms with E-state index >= 15 is 0 Å².